The summed E-state index contributed by atoms with van der Waals surface area (Å²) in [6.07, 6.45) is 0.895. The highest BCUT2D eigenvalue weighted by Crippen LogP contribution is 2.37. The van der Waals surface area contributed by atoms with E-state index in [4.69, 9.17) is 19.2 Å². The Morgan fingerprint density at radius 1 is 1.24 bits per heavy atom. The number of methoxy groups -OCH3 is 1. The third kappa shape index (κ3) is 3.90. The van der Waals surface area contributed by atoms with Crippen molar-refractivity contribution in [2.24, 2.45) is 0 Å². The minimum Gasteiger partial charge on any atom is -0.496 e. The second kappa shape index (κ2) is 7.62. The average molecular weight is 362 g/mol. The van der Waals surface area contributed by atoms with Crippen LogP contribution >= 0.6 is 11.3 Å². The van der Waals surface area contributed by atoms with Gasteiger partial charge in [-0.3, -0.25) is 4.90 Å². The molecule has 1 aromatic heterocycles. The first-order valence-corrected chi connectivity index (χ1v) is 9.42. The lowest BCUT2D eigenvalue weighted by molar-refractivity contribution is 0.243. The first-order valence-electron chi connectivity index (χ1n) is 8.60. The van der Waals surface area contributed by atoms with Gasteiger partial charge in [0.2, 0.25) is 0 Å². The molecule has 0 radical (unpaired) electrons. The Morgan fingerprint density at radius 3 is 2.52 bits per heavy atom. The lowest BCUT2D eigenvalue weighted by Gasteiger charge is -2.25. The molecule has 1 atom stereocenters. The highest BCUT2D eigenvalue weighted by atomic mass is 32.1. The van der Waals surface area contributed by atoms with Gasteiger partial charge in [-0.05, 0) is 33.9 Å². The van der Waals surface area contributed by atoms with Crippen molar-refractivity contribution in [1.82, 2.24) is 9.88 Å². The average Bonchev–Trinajstić information content (AvgIpc) is 2.79. The Hall–Kier alpha value is -1.79. The quantitative estimate of drug-likeness (QED) is 0.800. The lowest BCUT2D eigenvalue weighted by atomic mass is 10.1. The lowest BCUT2D eigenvalue weighted by Crippen LogP contribution is -2.23. The summed E-state index contributed by atoms with van der Waals surface area (Å²) in [5.41, 5.74) is 2.24. The summed E-state index contributed by atoms with van der Waals surface area (Å²) in [7, 11) is 3.81. The van der Waals surface area contributed by atoms with E-state index in [0.717, 1.165) is 46.5 Å². The largest absolute Gasteiger partial charge is 0.496 e. The molecule has 0 spiro atoms. The van der Waals surface area contributed by atoms with E-state index in [2.05, 4.69) is 32.7 Å². The number of ether oxygens (including phenoxy) is 3. The van der Waals surface area contributed by atoms with Gasteiger partial charge in [0.1, 0.15) is 5.75 Å². The highest BCUT2D eigenvalue weighted by Gasteiger charge is 2.21. The molecule has 25 heavy (non-hydrogen) atoms. The monoisotopic (exact) mass is 362 g/mol. The Morgan fingerprint density at radius 2 is 1.92 bits per heavy atom. The molecule has 0 aliphatic carbocycles. The van der Waals surface area contributed by atoms with Gasteiger partial charge in [0.25, 0.3) is 0 Å². The molecule has 136 valence electrons. The van der Waals surface area contributed by atoms with E-state index in [-0.39, 0.29) is 6.04 Å². The molecule has 6 heteroatoms. The Labute approximate surface area is 153 Å². The van der Waals surface area contributed by atoms with Crippen LogP contribution < -0.4 is 14.2 Å². The van der Waals surface area contributed by atoms with Gasteiger partial charge >= 0.3 is 0 Å². The maximum Gasteiger partial charge on any atom is 0.164 e. The molecule has 0 fully saturated rings. The minimum atomic E-state index is 0.227. The van der Waals surface area contributed by atoms with Gasteiger partial charge in [-0.15, -0.1) is 11.3 Å². The Kier molecular flexibility index (Phi) is 5.49. The predicted octanol–water partition coefficient (Wildman–Crippen LogP) is 4.12. The highest BCUT2D eigenvalue weighted by molar-refractivity contribution is 7.11. The van der Waals surface area contributed by atoms with Crippen LogP contribution in [0.15, 0.2) is 12.1 Å². The van der Waals surface area contributed by atoms with Gasteiger partial charge in [-0.25, -0.2) is 4.98 Å². The molecule has 0 bridgehead atoms. The minimum absolute atomic E-state index is 0.227. The standard InChI is InChI=1S/C19H26N2O3S/c1-12(19-13(2)25-14(3)20-19)21(4)11-15-9-17-18(10-16(15)22-5)24-8-6-7-23-17/h9-10,12H,6-8,11H2,1-5H3/t12-/m0/s1. The maximum atomic E-state index is 5.83. The Balaban J connectivity index is 1.83. The van der Waals surface area contributed by atoms with E-state index in [1.165, 1.54) is 4.88 Å². The molecule has 0 unspecified atom stereocenters. The number of aromatic nitrogens is 1. The van der Waals surface area contributed by atoms with Crippen LogP contribution in [0.2, 0.25) is 0 Å². The van der Waals surface area contributed by atoms with Crippen LogP contribution in [0.3, 0.4) is 0 Å². The summed E-state index contributed by atoms with van der Waals surface area (Å²) in [5.74, 6) is 2.39. The molecule has 0 saturated carbocycles. The number of hydrogen-bond donors (Lipinski definition) is 0. The first kappa shape index (κ1) is 18.0. The summed E-state index contributed by atoms with van der Waals surface area (Å²) in [6, 6.07) is 4.21. The number of benzene rings is 1. The van der Waals surface area contributed by atoms with E-state index in [9.17, 15) is 0 Å². The van der Waals surface area contributed by atoms with Crippen LogP contribution in [0.1, 0.15) is 40.5 Å². The van der Waals surface area contributed by atoms with E-state index in [0.29, 0.717) is 13.2 Å². The van der Waals surface area contributed by atoms with E-state index < -0.39 is 0 Å². The van der Waals surface area contributed by atoms with Crippen LogP contribution in [0.4, 0.5) is 0 Å². The molecule has 1 aliphatic heterocycles. The molecule has 1 aromatic carbocycles. The number of rotatable bonds is 5. The second-order valence-electron chi connectivity index (χ2n) is 6.43. The zero-order valence-corrected chi connectivity index (χ0v) is 16.4. The first-order chi connectivity index (χ1) is 12.0. The number of hydrogen-bond acceptors (Lipinski definition) is 6. The molecule has 2 heterocycles. The van der Waals surface area contributed by atoms with Gasteiger partial charge in [-0.1, -0.05) is 0 Å². The molecule has 2 aromatic rings. The fourth-order valence-electron chi connectivity index (χ4n) is 3.09. The number of fused-ring (bicyclic) bond motifs is 1. The van der Waals surface area contributed by atoms with E-state index in [1.807, 2.05) is 12.1 Å². The maximum absolute atomic E-state index is 5.83. The number of nitrogens with zero attached hydrogens (tertiary/aromatic N) is 2. The van der Waals surface area contributed by atoms with Gasteiger partial charge in [-0.2, -0.15) is 0 Å². The van der Waals surface area contributed by atoms with Gasteiger partial charge in [0.15, 0.2) is 11.5 Å². The van der Waals surface area contributed by atoms with Crippen LogP contribution in [-0.4, -0.2) is 37.3 Å². The third-order valence-corrected chi connectivity index (χ3v) is 5.47. The zero-order valence-electron chi connectivity index (χ0n) is 15.6. The van der Waals surface area contributed by atoms with Gasteiger partial charge < -0.3 is 14.2 Å². The summed E-state index contributed by atoms with van der Waals surface area (Å²) in [4.78, 5) is 8.26. The summed E-state index contributed by atoms with van der Waals surface area (Å²) >= 11 is 1.75. The van der Waals surface area contributed by atoms with Crippen LogP contribution in [0, 0.1) is 13.8 Å². The van der Waals surface area contributed by atoms with Gasteiger partial charge in [0.05, 0.1) is 37.1 Å². The fourth-order valence-corrected chi connectivity index (χ4v) is 4.00. The summed E-state index contributed by atoms with van der Waals surface area (Å²) < 4.78 is 17.2. The normalized spacial score (nSPS) is 15.1. The van der Waals surface area contributed by atoms with Crippen molar-refractivity contribution in [1.29, 1.82) is 0 Å². The van der Waals surface area contributed by atoms with Crippen LogP contribution in [0.25, 0.3) is 0 Å². The van der Waals surface area contributed by atoms with Crippen molar-refractivity contribution in [2.75, 3.05) is 27.4 Å². The van der Waals surface area contributed by atoms with Crippen molar-refractivity contribution in [3.8, 4) is 17.2 Å². The summed E-state index contributed by atoms with van der Waals surface area (Å²) in [6.45, 7) is 8.49. The number of thiazole rings is 1. The molecule has 0 amide bonds. The SMILES string of the molecule is COc1cc2c(cc1CN(C)[C@@H](C)c1nc(C)sc1C)OCCCO2. The van der Waals surface area contributed by atoms with Crippen molar-refractivity contribution < 1.29 is 14.2 Å². The smallest absolute Gasteiger partial charge is 0.164 e. The van der Waals surface area contributed by atoms with Crippen molar-refractivity contribution in [3.63, 3.8) is 0 Å². The molecule has 0 saturated heterocycles. The topological polar surface area (TPSA) is 43.8 Å². The van der Waals surface area contributed by atoms with Crippen LogP contribution in [0.5, 0.6) is 17.2 Å². The zero-order chi connectivity index (χ0) is 18.0. The van der Waals surface area contributed by atoms with Crippen LogP contribution in [-0.2, 0) is 6.54 Å². The molecular formula is C19H26N2O3S. The molecular weight excluding hydrogens is 336 g/mol. The van der Waals surface area contributed by atoms with Crippen molar-refractivity contribution in [3.05, 3.63) is 33.3 Å². The van der Waals surface area contributed by atoms with Gasteiger partial charge in [0, 0.05) is 29.5 Å². The molecule has 5 nitrogen and oxygen atoms in total. The van der Waals surface area contributed by atoms with E-state index >= 15 is 0 Å². The third-order valence-electron chi connectivity index (χ3n) is 4.57. The van der Waals surface area contributed by atoms with E-state index in [1.54, 1.807) is 18.4 Å². The van der Waals surface area contributed by atoms with Crippen molar-refractivity contribution >= 4 is 11.3 Å². The fraction of sp³-hybridized carbons (Fsp3) is 0.526. The molecule has 1 aliphatic rings. The second-order valence-corrected chi connectivity index (χ2v) is 7.83. The summed E-state index contributed by atoms with van der Waals surface area (Å²) in [5, 5.41) is 1.11. The molecule has 3 rings (SSSR count). The predicted molar refractivity (Wildman–Crippen MR) is 100 cm³/mol. The number of aryl methyl sites for hydroxylation is 2. The van der Waals surface area contributed by atoms with Crippen molar-refractivity contribution in [2.45, 2.75) is 39.8 Å². The molecule has 0 N–H and O–H groups in total. The Bertz CT molecular complexity index is 745.